The Morgan fingerprint density at radius 2 is 2.00 bits per heavy atom. The Labute approximate surface area is 127 Å². The summed E-state index contributed by atoms with van der Waals surface area (Å²) in [5, 5.41) is 5.12. The van der Waals surface area contributed by atoms with Crippen LogP contribution in [0.25, 0.3) is 0 Å². The van der Waals surface area contributed by atoms with Gasteiger partial charge in [-0.25, -0.2) is 8.42 Å². The fourth-order valence-electron chi connectivity index (χ4n) is 1.68. The lowest BCUT2D eigenvalue weighted by atomic mass is 10.0. The average Bonchev–Trinajstić information content (AvgIpc) is 2.84. The van der Waals surface area contributed by atoms with E-state index in [0.29, 0.717) is 17.5 Å². The molecular formula is C14H26N2O2S2. The second-order valence-corrected chi connectivity index (χ2v) is 8.82. The van der Waals surface area contributed by atoms with E-state index >= 15 is 0 Å². The summed E-state index contributed by atoms with van der Waals surface area (Å²) in [5.74, 6) is 0. The van der Waals surface area contributed by atoms with Gasteiger partial charge in [0.1, 0.15) is 0 Å². The van der Waals surface area contributed by atoms with Gasteiger partial charge in [-0.3, -0.25) is 0 Å². The summed E-state index contributed by atoms with van der Waals surface area (Å²) in [6.07, 6.45) is 0.770. The topological polar surface area (TPSA) is 49.4 Å². The summed E-state index contributed by atoms with van der Waals surface area (Å²) < 4.78 is 27.0. The highest BCUT2D eigenvalue weighted by Gasteiger charge is 2.34. The molecule has 1 rings (SSSR count). The van der Waals surface area contributed by atoms with Crippen LogP contribution in [-0.2, 0) is 16.6 Å². The molecule has 0 unspecified atom stereocenters. The quantitative estimate of drug-likeness (QED) is 0.840. The first-order valence-electron chi connectivity index (χ1n) is 6.91. The van der Waals surface area contributed by atoms with E-state index < -0.39 is 10.0 Å². The zero-order valence-corrected chi connectivity index (χ0v) is 14.9. The van der Waals surface area contributed by atoms with Crippen LogP contribution in [-0.4, -0.2) is 31.4 Å². The maximum absolute atomic E-state index is 12.8. The molecule has 0 radical (unpaired) electrons. The third-order valence-electron chi connectivity index (χ3n) is 3.73. The zero-order chi connectivity index (χ0) is 15.6. The van der Waals surface area contributed by atoms with Crippen molar-refractivity contribution in [3.63, 3.8) is 0 Å². The number of nitrogens with zero attached hydrogens (tertiary/aromatic N) is 1. The zero-order valence-electron chi connectivity index (χ0n) is 13.2. The van der Waals surface area contributed by atoms with Gasteiger partial charge in [-0.05, 0) is 31.7 Å². The Balaban J connectivity index is 3.08. The van der Waals surface area contributed by atoms with Crippen molar-refractivity contribution in [1.82, 2.24) is 9.62 Å². The standard InChI is InChI=1S/C14H26N2O2S2/c1-7-14(4,5)16(6)20(17,18)13-8-9-19-12(13)10-15-11(2)3/h8-9,11,15H,7,10H2,1-6H3. The van der Waals surface area contributed by atoms with E-state index in [0.717, 1.165) is 11.3 Å². The number of thiophene rings is 1. The Hall–Kier alpha value is -0.430. The monoisotopic (exact) mass is 318 g/mol. The molecular weight excluding hydrogens is 292 g/mol. The number of hydrogen-bond donors (Lipinski definition) is 1. The molecule has 4 nitrogen and oxygen atoms in total. The highest BCUT2D eigenvalue weighted by molar-refractivity contribution is 7.89. The van der Waals surface area contributed by atoms with Gasteiger partial charge in [0, 0.05) is 30.1 Å². The van der Waals surface area contributed by atoms with Crippen LogP contribution < -0.4 is 5.32 Å². The number of nitrogens with one attached hydrogen (secondary N) is 1. The van der Waals surface area contributed by atoms with Crippen molar-refractivity contribution in [2.45, 2.75) is 64.1 Å². The van der Waals surface area contributed by atoms with Gasteiger partial charge in [-0.2, -0.15) is 4.31 Å². The van der Waals surface area contributed by atoms with Crippen LogP contribution in [0.1, 0.15) is 45.9 Å². The lowest BCUT2D eigenvalue weighted by Gasteiger charge is -2.33. The maximum Gasteiger partial charge on any atom is 0.244 e. The fraction of sp³-hybridized carbons (Fsp3) is 0.714. The lowest BCUT2D eigenvalue weighted by molar-refractivity contribution is 0.257. The van der Waals surface area contributed by atoms with Crippen molar-refractivity contribution in [2.75, 3.05) is 7.05 Å². The minimum absolute atomic E-state index is 0.331. The van der Waals surface area contributed by atoms with Crippen LogP contribution >= 0.6 is 11.3 Å². The van der Waals surface area contributed by atoms with E-state index in [9.17, 15) is 8.42 Å². The molecule has 0 bridgehead atoms. The summed E-state index contributed by atoms with van der Waals surface area (Å²) in [4.78, 5) is 1.30. The number of hydrogen-bond acceptors (Lipinski definition) is 4. The van der Waals surface area contributed by atoms with Crippen molar-refractivity contribution in [3.8, 4) is 0 Å². The van der Waals surface area contributed by atoms with Crippen LogP contribution in [0.3, 0.4) is 0 Å². The lowest BCUT2D eigenvalue weighted by Crippen LogP contribution is -2.44. The van der Waals surface area contributed by atoms with Crippen LogP contribution in [0, 0.1) is 0 Å². The first-order valence-corrected chi connectivity index (χ1v) is 9.23. The van der Waals surface area contributed by atoms with E-state index in [4.69, 9.17) is 0 Å². The van der Waals surface area contributed by atoms with Gasteiger partial charge in [-0.15, -0.1) is 11.3 Å². The van der Waals surface area contributed by atoms with E-state index in [1.54, 1.807) is 13.1 Å². The summed E-state index contributed by atoms with van der Waals surface area (Å²) in [6, 6.07) is 2.04. The molecule has 1 aromatic rings. The molecule has 1 N–H and O–H groups in total. The van der Waals surface area contributed by atoms with Gasteiger partial charge in [-0.1, -0.05) is 20.8 Å². The highest BCUT2D eigenvalue weighted by Crippen LogP contribution is 2.29. The molecule has 0 amide bonds. The Morgan fingerprint density at radius 3 is 2.50 bits per heavy atom. The SMILES string of the molecule is CCC(C)(C)N(C)S(=O)(=O)c1ccsc1CNC(C)C. The molecule has 0 aromatic carbocycles. The van der Waals surface area contributed by atoms with Gasteiger partial charge in [0.05, 0.1) is 4.90 Å². The second-order valence-electron chi connectivity index (χ2n) is 5.88. The Morgan fingerprint density at radius 1 is 1.40 bits per heavy atom. The van der Waals surface area contributed by atoms with Crippen molar-refractivity contribution >= 4 is 21.4 Å². The first-order chi connectivity index (χ1) is 9.13. The van der Waals surface area contributed by atoms with Crippen LogP contribution in [0.5, 0.6) is 0 Å². The van der Waals surface area contributed by atoms with Crippen molar-refractivity contribution in [3.05, 3.63) is 16.3 Å². The predicted molar refractivity (Wildman–Crippen MR) is 85.6 cm³/mol. The molecule has 0 aliphatic carbocycles. The van der Waals surface area contributed by atoms with E-state index in [1.807, 2.05) is 40.0 Å². The van der Waals surface area contributed by atoms with Crippen molar-refractivity contribution in [1.29, 1.82) is 0 Å². The minimum atomic E-state index is -3.44. The van der Waals surface area contributed by atoms with Gasteiger partial charge >= 0.3 is 0 Å². The van der Waals surface area contributed by atoms with Gasteiger partial charge in [0.15, 0.2) is 0 Å². The maximum atomic E-state index is 12.8. The van der Waals surface area contributed by atoms with Gasteiger partial charge in [0.2, 0.25) is 10.0 Å². The third kappa shape index (κ3) is 3.81. The molecule has 116 valence electrons. The van der Waals surface area contributed by atoms with E-state index in [2.05, 4.69) is 5.32 Å². The number of rotatable bonds is 7. The molecule has 20 heavy (non-hydrogen) atoms. The molecule has 1 aromatic heterocycles. The van der Waals surface area contributed by atoms with E-state index in [-0.39, 0.29) is 5.54 Å². The molecule has 0 atom stereocenters. The van der Waals surface area contributed by atoms with E-state index in [1.165, 1.54) is 15.6 Å². The second kappa shape index (κ2) is 6.56. The van der Waals surface area contributed by atoms with Crippen molar-refractivity contribution < 1.29 is 8.42 Å². The number of sulfonamides is 1. The van der Waals surface area contributed by atoms with Gasteiger partial charge < -0.3 is 5.32 Å². The third-order valence-corrected chi connectivity index (χ3v) is 6.94. The summed E-state index contributed by atoms with van der Waals surface area (Å²) in [7, 11) is -1.78. The highest BCUT2D eigenvalue weighted by atomic mass is 32.2. The smallest absolute Gasteiger partial charge is 0.244 e. The average molecular weight is 319 g/mol. The molecule has 6 heteroatoms. The normalized spacial score (nSPS) is 13.4. The first kappa shape index (κ1) is 17.6. The molecule has 0 aliphatic rings. The molecule has 0 saturated carbocycles. The summed E-state index contributed by atoms with van der Waals surface area (Å²) >= 11 is 1.49. The largest absolute Gasteiger partial charge is 0.310 e. The minimum Gasteiger partial charge on any atom is -0.310 e. The van der Waals surface area contributed by atoms with Gasteiger partial charge in [0.25, 0.3) is 0 Å². The summed E-state index contributed by atoms with van der Waals surface area (Å²) in [5.41, 5.74) is -0.385. The van der Waals surface area contributed by atoms with Crippen LogP contribution in [0.2, 0.25) is 0 Å². The molecule has 0 aliphatic heterocycles. The molecule has 1 heterocycles. The van der Waals surface area contributed by atoms with Crippen LogP contribution in [0.15, 0.2) is 16.3 Å². The van der Waals surface area contributed by atoms with Crippen LogP contribution in [0.4, 0.5) is 0 Å². The fourth-order valence-corrected chi connectivity index (χ4v) is 4.62. The predicted octanol–water partition coefficient (Wildman–Crippen LogP) is 3.06. The molecule has 0 saturated heterocycles. The van der Waals surface area contributed by atoms with Crippen molar-refractivity contribution in [2.24, 2.45) is 0 Å². The Kier molecular flexibility index (Phi) is 5.78. The summed E-state index contributed by atoms with van der Waals surface area (Å²) in [6.45, 7) is 10.6. The Bertz CT molecular complexity index is 533. The molecule has 0 spiro atoms. The molecule has 0 fully saturated rings.